The van der Waals surface area contributed by atoms with Crippen LogP contribution in [0.1, 0.15) is 33.0 Å². The third-order valence-corrected chi connectivity index (χ3v) is 7.35. The third-order valence-electron chi connectivity index (χ3n) is 4.24. The van der Waals surface area contributed by atoms with Gasteiger partial charge in [0.05, 0.1) is 10.5 Å². The van der Waals surface area contributed by atoms with Gasteiger partial charge in [0.2, 0.25) is 0 Å². The fourth-order valence-electron chi connectivity index (χ4n) is 2.71. The van der Waals surface area contributed by atoms with Gasteiger partial charge in [-0.1, -0.05) is 31.2 Å². The number of rotatable bonds is 6. The number of benzene rings is 2. The van der Waals surface area contributed by atoms with Gasteiger partial charge in [-0.2, -0.15) is 0 Å². The number of hydrogen-bond donors (Lipinski definition) is 2. The fourth-order valence-corrected chi connectivity index (χ4v) is 5.57. The summed E-state index contributed by atoms with van der Waals surface area (Å²) in [4.78, 5) is 23.3. The lowest BCUT2D eigenvalue weighted by Crippen LogP contribution is -2.13. The van der Waals surface area contributed by atoms with Crippen molar-refractivity contribution in [3.63, 3.8) is 0 Å². The molecular formula is C20H21NO3S2. The first-order chi connectivity index (χ1) is 12.5. The maximum absolute atomic E-state index is 12.4. The highest BCUT2D eigenvalue weighted by Crippen LogP contribution is 2.45. The minimum Gasteiger partial charge on any atom is -0.481 e. The van der Waals surface area contributed by atoms with Crippen LogP contribution in [0.25, 0.3) is 0 Å². The van der Waals surface area contributed by atoms with E-state index in [1.807, 2.05) is 72.1 Å². The van der Waals surface area contributed by atoms with Crippen molar-refractivity contribution in [2.24, 2.45) is 5.92 Å². The predicted octanol–water partition coefficient (Wildman–Crippen LogP) is 4.68. The summed E-state index contributed by atoms with van der Waals surface area (Å²) in [6, 6.07) is 15.1. The molecule has 6 heteroatoms. The molecule has 1 unspecified atom stereocenters. The lowest BCUT2D eigenvalue weighted by atomic mass is 10.0. The Balaban J connectivity index is 1.59. The van der Waals surface area contributed by atoms with E-state index in [0.717, 1.165) is 5.56 Å². The van der Waals surface area contributed by atoms with Crippen molar-refractivity contribution in [3.05, 3.63) is 65.2 Å². The number of amides is 1. The second-order valence-corrected chi connectivity index (χ2v) is 9.01. The Labute approximate surface area is 161 Å². The molecule has 0 radical (unpaired) electrons. The van der Waals surface area contributed by atoms with Crippen molar-refractivity contribution in [3.8, 4) is 0 Å². The molecule has 1 saturated heterocycles. The number of carboxylic acid groups (broad SMARTS) is 1. The van der Waals surface area contributed by atoms with Crippen LogP contribution in [-0.4, -0.2) is 28.5 Å². The zero-order valence-electron chi connectivity index (χ0n) is 14.5. The van der Waals surface area contributed by atoms with E-state index in [0.29, 0.717) is 22.3 Å². The first kappa shape index (κ1) is 18.9. The number of anilines is 1. The SMILES string of the molecule is CC(Cc1ccc(NC(=O)c2ccc(C3SCCS3)cc2)cc1)C(=O)O. The van der Waals surface area contributed by atoms with Crippen LogP contribution in [0.15, 0.2) is 48.5 Å². The maximum atomic E-state index is 12.4. The third kappa shape index (κ3) is 4.83. The van der Waals surface area contributed by atoms with Crippen molar-refractivity contribution in [1.82, 2.24) is 0 Å². The van der Waals surface area contributed by atoms with Gasteiger partial charge in [-0.25, -0.2) is 0 Å². The van der Waals surface area contributed by atoms with Gasteiger partial charge in [-0.3, -0.25) is 9.59 Å². The van der Waals surface area contributed by atoms with E-state index in [1.165, 1.54) is 17.1 Å². The van der Waals surface area contributed by atoms with E-state index in [-0.39, 0.29) is 5.91 Å². The summed E-state index contributed by atoms with van der Waals surface area (Å²) in [6.07, 6.45) is 0.474. The number of aliphatic carboxylic acids is 1. The van der Waals surface area contributed by atoms with E-state index in [4.69, 9.17) is 5.11 Å². The topological polar surface area (TPSA) is 66.4 Å². The van der Waals surface area contributed by atoms with Crippen LogP contribution >= 0.6 is 23.5 Å². The molecule has 0 spiro atoms. The molecule has 2 aromatic carbocycles. The number of carbonyl (C=O) groups excluding carboxylic acids is 1. The first-order valence-electron chi connectivity index (χ1n) is 8.49. The zero-order valence-corrected chi connectivity index (χ0v) is 16.1. The standard InChI is InChI=1S/C20H21NO3S2/c1-13(19(23)24)12-14-2-8-17(9-3-14)21-18(22)15-4-6-16(7-5-15)20-25-10-11-26-20/h2-9,13,20H,10-12H2,1H3,(H,21,22)(H,23,24). The van der Waals surface area contributed by atoms with Gasteiger partial charge < -0.3 is 10.4 Å². The molecule has 2 aromatic rings. The number of carbonyl (C=O) groups is 2. The predicted molar refractivity (Wildman–Crippen MR) is 109 cm³/mol. The minimum atomic E-state index is -0.805. The summed E-state index contributed by atoms with van der Waals surface area (Å²) < 4.78 is 0.479. The van der Waals surface area contributed by atoms with Crippen LogP contribution in [0, 0.1) is 5.92 Å². The van der Waals surface area contributed by atoms with Crippen molar-refractivity contribution < 1.29 is 14.7 Å². The molecule has 0 aromatic heterocycles. The molecule has 3 rings (SSSR count). The minimum absolute atomic E-state index is 0.144. The van der Waals surface area contributed by atoms with E-state index in [9.17, 15) is 9.59 Å². The lowest BCUT2D eigenvalue weighted by molar-refractivity contribution is -0.141. The highest BCUT2D eigenvalue weighted by molar-refractivity contribution is 8.19. The molecule has 2 N–H and O–H groups in total. The normalized spacial score (nSPS) is 15.6. The number of carboxylic acids is 1. The Hall–Kier alpha value is -1.92. The molecule has 0 bridgehead atoms. The van der Waals surface area contributed by atoms with Gasteiger partial charge in [0, 0.05) is 22.8 Å². The molecule has 4 nitrogen and oxygen atoms in total. The summed E-state index contributed by atoms with van der Waals surface area (Å²) in [5.41, 5.74) is 3.53. The number of thioether (sulfide) groups is 2. The van der Waals surface area contributed by atoms with E-state index < -0.39 is 11.9 Å². The second-order valence-electron chi connectivity index (χ2n) is 6.29. The Morgan fingerprint density at radius 2 is 1.69 bits per heavy atom. The van der Waals surface area contributed by atoms with Crippen LogP contribution < -0.4 is 5.32 Å². The van der Waals surface area contributed by atoms with Gasteiger partial charge in [0.15, 0.2) is 0 Å². The molecule has 26 heavy (non-hydrogen) atoms. The molecule has 1 aliphatic heterocycles. The zero-order chi connectivity index (χ0) is 18.5. The van der Waals surface area contributed by atoms with Crippen molar-refractivity contribution in [2.45, 2.75) is 17.9 Å². The van der Waals surface area contributed by atoms with Crippen LogP contribution in [-0.2, 0) is 11.2 Å². The Morgan fingerprint density at radius 3 is 2.27 bits per heavy atom. The van der Waals surface area contributed by atoms with Crippen LogP contribution in [0.5, 0.6) is 0 Å². The average Bonchev–Trinajstić information content (AvgIpc) is 3.18. The summed E-state index contributed by atoms with van der Waals surface area (Å²) in [6.45, 7) is 1.68. The summed E-state index contributed by atoms with van der Waals surface area (Å²) in [7, 11) is 0. The van der Waals surface area contributed by atoms with Crippen molar-refractivity contribution in [1.29, 1.82) is 0 Å². The average molecular weight is 388 g/mol. The van der Waals surface area contributed by atoms with Gasteiger partial charge in [0.1, 0.15) is 0 Å². The summed E-state index contributed by atoms with van der Waals surface area (Å²) >= 11 is 3.89. The van der Waals surface area contributed by atoms with Gasteiger partial charge in [-0.15, -0.1) is 23.5 Å². The molecule has 1 fully saturated rings. The molecule has 0 aliphatic carbocycles. The Bertz CT molecular complexity index is 769. The van der Waals surface area contributed by atoms with Gasteiger partial charge in [0.25, 0.3) is 5.91 Å². The van der Waals surface area contributed by atoms with Gasteiger partial charge >= 0.3 is 5.97 Å². The molecule has 1 amide bonds. The number of hydrogen-bond acceptors (Lipinski definition) is 4. The highest BCUT2D eigenvalue weighted by atomic mass is 32.2. The molecular weight excluding hydrogens is 366 g/mol. The second kappa shape index (κ2) is 8.64. The summed E-state index contributed by atoms with van der Waals surface area (Å²) in [5.74, 6) is 0.984. The Kier molecular flexibility index (Phi) is 6.27. The fraction of sp³-hybridized carbons (Fsp3) is 0.300. The summed E-state index contributed by atoms with van der Waals surface area (Å²) in [5, 5.41) is 11.9. The molecule has 1 atom stereocenters. The lowest BCUT2D eigenvalue weighted by Gasteiger charge is -2.10. The largest absolute Gasteiger partial charge is 0.481 e. The van der Waals surface area contributed by atoms with Crippen molar-refractivity contribution in [2.75, 3.05) is 16.8 Å². The van der Waals surface area contributed by atoms with Crippen LogP contribution in [0.2, 0.25) is 0 Å². The molecule has 1 aliphatic rings. The Morgan fingerprint density at radius 1 is 1.08 bits per heavy atom. The molecule has 0 saturated carbocycles. The van der Waals surface area contributed by atoms with E-state index in [1.54, 1.807) is 6.92 Å². The monoisotopic (exact) mass is 387 g/mol. The highest BCUT2D eigenvalue weighted by Gasteiger charge is 2.18. The first-order valence-corrected chi connectivity index (χ1v) is 10.6. The molecule has 136 valence electrons. The quantitative estimate of drug-likeness (QED) is 0.753. The number of nitrogens with one attached hydrogen (secondary N) is 1. The van der Waals surface area contributed by atoms with E-state index >= 15 is 0 Å². The van der Waals surface area contributed by atoms with Crippen LogP contribution in [0.3, 0.4) is 0 Å². The van der Waals surface area contributed by atoms with E-state index in [2.05, 4.69) is 5.32 Å². The van der Waals surface area contributed by atoms with Crippen molar-refractivity contribution >= 4 is 41.1 Å². The van der Waals surface area contributed by atoms with Crippen LogP contribution in [0.4, 0.5) is 5.69 Å². The molecule has 1 heterocycles. The maximum Gasteiger partial charge on any atom is 0.306 e. The smallest absolute Gasteiger partial charge is 0.306 e. The van der Waals surface area contributed by atoms with Gasteiger partial charge in [-0.05, 0) is 41.8 Å².